The lowest BCUT2D eigenvalue weighted by Crippen LogP contribution is -2.06. The van der Waals surface area contributed by atoms with Crippen molar-refractivity contribution < 1.29 is 4.92 Å². The van der Waals surface area contributed by atoms with Crippen molar-refractivity contribution >= 4 is 23.7 Å². The Balaban J connectivity index is 1.62. The third kappa shape index (κ3) is 5.33. The van der Waals surface area contributed by atoms with Crippen LogP contribution in [0.3, 0.4) is 0 Å². The van der Waals surface area contributed by atoms with Gasteiger partial charge in [-0.15, -0.1) is 0 Å². The minimum atomic E-state index is -0.438. The molecule has 2 N–H and O–H groups in total. The zero-order valence-corrected chi connectivity index (χ0v) is 14.7. The van der Waals surface area contributed by atoms with Gasteiger partial charge in [0.05, 0.1) is 11.1 Å². The first-order chi connectivity index (χ1) is 13.1. The Morgan fingerprint density at radius 3 is 2.56 bits per heavy atom. The van der Waals surface area contributed by atoms with Crippen molar-refractivity contribution in [1.82, 2.24) is 9.97 Å². The number of rotatable bonds is 7. The lowest BCUT2D eigenvalue weighted by molar-refractivity contribution is -0.384. The molecule has 27 heavy (non-hydrogen) atoms. The molecular formula is C19H18N6O2. The highest BCUT2D eigenvalue weighted by atomic mass is 16.6. The summed E-state index contributed by atoms with van der Waals surface area (Å²) in [6.45, 7) is 2.50. The van der Waals surface area contributed by atoms with Crippen LogP contribution in [0.4, 0.5) is 17.5 Å². The van der Waals surface area contributed by atoms with Gasteiger partial charge < -0.3 is 5.32 Å². The van der Waals surface area contributed by atoms with Gasteiger partial charge in [-0.3, -0.25) is 15.5 Å². The van der Waals surface area contributed by atoms with Gasteiger partial charge in [-0.05, 0) is 30.2 Å². The summed E-state index contributed by atoms with van der Waals surface area (Å²) >= 11 is 0. The van der Waals surface area contributed by atoms with E-state index in [0.717, 1.165) is 16.8 Å². The maximum Gasteiger partial charge on any atom is 0.269 e. The van der Waals surface area contributed by atoms with Crippen molar-refractivity contribution in [3.05, 3.63) is 87.6 Å². The maximum absolute atomic E-state index is 10.7. The van der Waals surface area contributed by atoms with Gasteiger partial charge in [0.2, 0.25) is 5.95 Å². The number of hydrazone groups is 1. The Bertz CT molecular complexity index is 942. The topological polar surface area (TPSA) is 105 Å². The van der Waals surface area contributed by atoms with Gasteiger partial charge in [0, 0.05) is 30.4 Å². The van der Waals surface area contributed by atoms with Crippen LogP contribution >= 0.6 is 0 Å². The zero-order valence-electron chi connectivity index (χ0n) is 14.7. The third-order valence-corrected chi connectivity index (χ3v) is 3.64. The summed E-state index contributed by atoms with van der Waals surface area (Å²) in [4.78, 5) is 19.0. The monoisotopic (exact) mass is 362 g/mol. The number of hydrogen-bond donors (Lipinski definition) is 2. The lowest BCUT2D eigenvalue weighted by atomic mass is 10.2. The summed E-state index contributed by atoms with van der Waals surface area (Å²) in [7, 11) is 0. The molecule has 0 unspecified atom stereocenters. The predicted octanol–water partition coefficient (Wildman–Crippen LogP) is 3.75. The van der Waals surface area contributed by atoms with Crippen LogP contribution in [0.25, 0.3) is 0 Å². The Morgan fingerprint density at radius 1 is 1.11 bits per heavy atom. The number of nitro groups is 1. The van der Waals surface area contributed by atoms with Gasteiger partial charge in [0.15, 0.2) is 5.82 Å². The fourth-order valence-electron chi connectivity index (χ4n) is 2.34. The summed E-state index contributed by atoms with van der Waals surface area (Å²) in [5.41, 5.74) is 5.57. The molecule has 0 fully saturated rings. The molecule has 0 radical (unpaired) electrons. The van der Waals surface area contributed by atoms with E-state index >= 15 is 0 Å². The molecule has 8 heteroatoms. The quantitative estimate of drug-likeness (QED) is 0.377. The number of aryl methyl sites for hydroxylation is 1. The summed E-state index contributed by atoms with van der Waals surface area (Å²) in [6.07, 6.45) is 1.57. The van der Waals surface area contributed by atoms with E-state index in [4.69, 9.17) is 0 Å². The molecule has 136 valence electrons. The Hall–Kier alpha value is -3.81. The molecule has 3 aromatic rings. The van der Waals surface area contributed by atoms with E-state index in [9.17, 15) is 10.1 Å². The highest BCUT2D eigenvalue weighted by Crippen LogP contribution is 2.12. The Labute approximate surface area is 156 Å². The molecule has 0 amide bonds. The van der Waals surface area contributed by atoms with Crippen molar-refractivity contribution in [2.24, 2.45) is 5.10 Å². The van der Waals surface area contributed by atoms with Crippen molar-refractivity contribution in [2.75, 3.05) is 10.7 Å². The van der Waals surface area contributed by atoms with Crippen LogP contribution in [0.2, 0.25) is 0 Å². The largest absolute Gasteiger partial charge is 0.350 e. The molecule has 1 heterocycles. The van der Waals surface area contributed by atoms with Crippen molar-refractivity contribution in [3.8, 4) is 0 Å². The van der Waals surface area contributed by atoms with Gasteiger partial charge in [-0.25, -0.2) is 4.98 Å². The van der Waals surface area contributed by atoms with E-state index in [-0.39, 0.29) is 5.69 Å². The molecule has 0 aliphatic rings. The number of nitrogens with one attached hydrogen (secondary N) is 2. The smallest absolute Gasteiger partial charge is 0.269 e. The number of nitrogens with zero attached hydrogens (tertiary/aromatic N) is 4. The van der Waals surface area contributed by atoms with E-state index in [1.165, 1.54) is 12.1 Å². The Kier molecular flexibility index (Phi) is 5.68. The van der Waals surface area contributed by atoms with Crippen LogP contribution in [0, 0.1) is 17.0 Å². The van der Waals surface area contributed by atoms with E-state index in [0.29, 0.717) is 18.3 Å². The second-order valence-electron chi connectivity index (χ2n) is 5.78. The third-order valence-electron chi connectivity index (χ3n) is 3.64. The summed E-state index contributed by atoms with van der Waals surface area (Å²) in [6, 6.07) is 17.9. The summed E-state index contributed by atoms with van der Waals surface area (Å²) in [5.74, 6) is 1.06. The van der Waals surface area contributed by atoms with Crippen LogP contribution in [-0.4, -0.2) is 21.1 Å². The summed E-state index contributed by atoms with van der Waals surface area (Å²) in [5, 5.41) is 18.0. The number of hydrogen-bond acceptors (Lipinski definition) is 7. The highest BCUT2D eigenvalue weighted by Gasteiger charge is 2.03. The minimum absolute atomic E-state index is 0.0423. The van der Waals surface area contributed by atoms with Crippen molar-refractivity contribution in [2.45, 2.75) is 13.5 Å². The second-order valence-corrected chi connectivity index (χ2v) is 5.78. The standard InChI is InChI=1S/C19H18N6O2/c1-14-11-18(23-19(22-14)20-12-15-5-3-2-4-6-15)24-21-13-16-7-9-17(10-8-16)25(26)27/h2-11,13H,12H2,1H3,(H2,20,22,23,24)/b21-13+. The van der Waals surface area contributed by atoms with Crippen LogP contribution in [0.15, 0.2) is 65.8 Å². The van der Waals surface area contributed by atoms with Gasteiger partial charge in [0.25, 0.3) is 5.69 Å². The fourth-order valence-corrected chi connectivity index (χ4v) is 2.34. The minimum Gasteiger partial charge on any atom is -0.350 e. The first-order valence-corrected chi connectivity index (χ1v) is 8.27. The van der Waals surface area contributed by atoms with E-state index in [1.807, 2.05) is 37.3 Å². The number of aromatic nitrogens is 2. The molecule has 0 spiro atoms. The predicted molar refractivity (Wildman–Crippen MR) is 105 cm³/mol. The molecule has 0 atom stereocenters. The molecule has 0 saturated carbocycles. The molecule has 2 aromatic carbocycles. The molecular weight excluding hydrogens is 344 g/mol. The first-order valence-electron chi connectivity index (χ1n) is 8.27. The number of nitro benzene ring substituents is 1. The lowest BCUT2D eigenvalue weighted by Gasteiger charge is -2.08. The van der Waals surface area contributed by atoms with Crippen LogP contribution in [0.1, 0.15) is 16.8 Å². The molecule has 0 aliphatic carbocycles. The first kappa shape index (κ1) is 18.0. The SMILES string of the molecule is Cc1cc(N/N=C/c2ccc([N+](=O)[O-])cc2)nc(NCc2ccccc2)n1. The second kappa shape index (κ2) is 8.52. The fraction of sp³-hybridized carbons (Fsp3) is 0.105. The van der Waals surface area contributed by atoms with Gasteiger partial charge in [-0.2, -0.15) is 10.1 Å². The average molecular weight is 362 g/mol. The van der Waals surface area contributed by atoms with Gasteiger partial charge >= 0.3 is 0 Å². The zero-order chi connectivity index (χ0) is 19.1. The normalized spacial score (nSPS) is 10.7. The number of non-ortho nitro benzene ring substituents is 1. The van der Waals surface area contributed by atoms with Crippen molar-refractivity contribution in [3.63, 3.8) is 0 Å². The molecule has 3 rings (SSSR count). The number of benzene rings is 2. The summed E-state index contributed by atoms with van der Waals surface area (Å²) < 4.78 is 0. The van der Waals surface area contributed by atoms with Crippen molar-refractivity contribution in [1.29, 1.82) is 0 Å². The van der Waals surface area contributed by atoms with Crippen LogP contribution < -0.4 is 10.7 Å². The average Bonchev–Trinajstić information content (AvgIpc) is 2.67. The van der Waals surface area contributed by atoms with Gasteiger partial charge in [0.1, 0.15) is 0 Å². The molecule has 0 saturated heterocycles. The molecule has 1 aromatic heterocycles. The Morgan fingerprint density at radius 2 is 1.85 bits per heavy atom. The molecule has 0 aliphatic heterocycles. The number of anilines is 2. The van der Waals surface area contributed by atoms with E-state index in [2.05, 4.69) is 25.8 Å². The molecule has 8 nitrogen and oxygen atoms in total. The highest BCUT2D eigenvalue weighted by molar-refractivity contribution is 5.80. The van der Waals surface area contributed by atoms with Gasteiger partial charge in [-0.1, -0.05) is 30.3 Å². The van der Waals surface area contributed by atoms with E-state index in [1.54, 1.807) is 24.4 Å². The van der Waals surface area contributed by atoms with E-state index < -0.39 is 4.92 Å². The van der Waals surface area contributed by atoms with Crippen LogP contribution in [0.5, 0.6) is 0 Å². The van der Waals surface area contributed by atoms with Crippen LogP contribution in [-0.2, 0) is 6.54 Å². The molecule has 0 bridgehead atoms. The maximum atomic E-state index is 10.7.